The SMILES string of the molecule is CCn1nc(C)c2nc(N)n(Cc3ccon3)c21. The lowest BCUT2D eigenvalue weighted by Gasteiger charge is -2.05. The topological polar surface area (TPSA) is 87.7 Å². The maximum atomic E-state index is 5.96. The number of hydrogen-bond acceptors (Lipinski definition) is 5. The molecule has 3 aromatic rings. The largest absolute Gasteiger partial charge is 0.369 e. The van der Waals surface area contributed by atoms with Crippen LogP contribution in [-0.4, -0.2) is 24.5 Å². The second-order valence-corrected chi connectivity index (χ2v) is 4.12. The van der Waals surface area contributed by atoms with Gasteiger partial charge < -0.3 is 10.3 Å². The second-order valence-electron chi connectivity index (χ2n) is 4.12. The lowest BCUT2D eigenvalue weighted by atomic mass is 10.4. The first-order valence-corrected chi connectivity index (χ1v) is 5.79. The van der Waals surface area contributed by atoms with Crippen LogP contribution in [0.5, 0.6) is 0 Å². The van der Waals surface area contributed by atoms with Crippen molar-refractivity contribution in [2.75, 3.05) is 5.73 Å². The molecular formula is C11H14N6O. The Hall–Kier alpha value is -2.31. The number of fused-ring (bicyclic) bond motifs is 1. The third-order valence-corrected chi connectivity index (χ3v) is 2.94. The summed E-state index contributed by atoms with van der Waals surface area (Å²) in [5, 5.41) is 8.33. The van der Waals surface area contributed by atoms with Gasteiger partial charge in [0.15, 0.2) is 5.65 Å². The van der Waals surface area contributed by atoms with E-state index in [2.05, 4.69) is 15.2 Å². The summed E-state index contributed by atoms with van der Waals surface area (Å²) in [4.78, 5) is 4.36. The van der Waals surface area contributed by atoms with E-state index in [1.807, 2.05) is 29.2 Å². The highest BCUT2D eigenvalue weighted by Crippen LogP contribution is 2.21. The smallest absolute Gasteiger partial charge is 0.202 e. The molecule has 18 heavy (non-hydrogen) atoms. The van der Waals surface area contributed by atoms with Crippen LogP contribution < -0.4 is 5.73 Å². The fraction of sp³-hybridized carbons (Fsp3) is 0.364. The first-order valence-electron chi connectivity index (χ1n) is 5.79. The maximum Gasteiger partial charge on any atom is 0.202 e. The molecule has 0 unspecified atom stereocenters. The molecule has 0 aromatic carbocycles. The Labute approximate surface area is 103 Å². The van der Waals surface area contributed by atoms with E-state index in [1.54, 1.807) is 6.26 Å². The molecule has 0 fully saturated rings. The van der Waals surface area contributed by atoms with E-state index in [0.29, 0.717) is 12.5 Å². The van der Waals surface area contributed by atoms with Gasteiger partial charge in [0.25, 0.3) is 0 Å². The summed E-state index contributed by atoms with van der Waals surface area (Å²) in [6.45, 7) is 5.27. The van der Waals surface area contributed by atoms with Crippen molar-refractivity contribution < 1.29 is 4.52 Å². The minimum absolute atomic E-state index is 0.468. The molecule has 3 rings (SSSR count). The summed E-state index contributed by atoms with van der Waals surface area (Å²) in [7, 11) is 0. The van der Waals surface area contributed by atoms with Gasteiger partial charge in [-0.2, -0.15) is 5.10 Å². The van der Waals surface area contributed by atoms with Crippen molar-refractivity contribution in [1.29, 1.82) is 0 Å². The Morgan fingerprint density at radius 1 is 1.44 bits per heavy atom. The Morgan fingerprint density at radius 3 is 2.94 bits per heavy atom. The lowest BCUT2D eigenvalue weighted by Crippen LogP contribution is -2.09. The van der Waals surface area contributed by atoms with Gasteiger partial charge in [-0.1, -0.05) is 5.16 Å². The number of aromatic nitrogens is 5. The van der Waals surface area contributed by atoms with Crippen molar-refractivity contribution in [2.24, 2.45) is 0 Å². The first-order chi connectivity index (χ1) is 8.70. The highest BCUT2D eigenvalue weighted by Gasteiger charge is 2.17. The van der Waals surface area contributed by atoms with Crippen LogP contribution in [0.2, 0.25) is 0 Å². The van der Waals surface area contributed by atoms with Crippen LogP contribution in [0.15, 0.2) is 16.9 Å². The molecule has 0 spiro atoms. The lowest BCUT2D eigenvalue weighted by molar-refractivity contribution is 0.410. The summed E-state index contributed by atoms with van der Waals surface area (Å²) in [5.41, 5.74) is 9.43. The van der Waals surface area contributed by atoms with E-state index in [-0.39, 0.29) is 0 Å². The molecule has 0 bridgehead atoms. The predicted molar refractivity (Wildman–Crippen MR) is 65.9 cm³/mol. The summed E-state index contributed by atoms with van der Waals surface area (Å²) < 4.78 is 8.63. The quantitative estimate of drug-likeness (QED) is 0.749. The molecule has 7 nitrogen and oxygen atoms in total. The van der Waals surface area contributed by atoms with E-state index in [4.69, 9.17) is 10.3 Å². The van der Waals surface area contributed by atoms with Gasteiger partial charge in [-0.25, -0.2) is 9.67 Å². The number of nitrogen functional groups attached to an aromatic ring is 1. The minimum atomic E-state index is 0.468. The molecule has 0 atom stereocenters. The van der Waals surface area contributed by atoms with E-state index in [9.17, 15) is 0 Å². The molecule has 3 heterocycles. The summed E-state index contributed by atoms with van der Waals surface area (Å²) >= 11 is 0. The maximum absolute atomic E-state index is 5.96. The third kappa shape index (κ3) is 1.47. The zero-order chi connectivity index (χ0) is 12.7. The number of rotatable bonds is 3. The van der Waals surface area contributed by atoms with Crippen LogP contribution >= 0.6 is 0 Å². The van der Waals surface area contributed by atoms with Crippen LogP contribution in [0, 0.1) is 6.92 Å². The van der Waals surface area contributed by atoms with Gasteiger partial charge in [0.2, 0.25) is 5.95 Å². The van der Waals surface area contributed by atoms with Crippen LogP contribution in [0.25, 0.3) is 11.2 Å². The van der Waals surface area contributed by atoms with Crippen LogP contribution in [0.1, 0.15) is 18.3 Å². The van der Waals surface area contributed by atoms with Crippen molar-refractivity contribution in [3.05, 3.63) is 23.7 Å². The van der Waals surface area contributed by atoms with Crippen LogP contribution in [0.4, 0.5) is 5.95 Å². The number of nitrogens with zero attached hydrogens (tertiary/aromatic N) is 5. The van der Waals surface area contributed by atoms with Crippen molar-refractivity contribution in [2.45, 2.75) is 26.9 Å². The molecule has 0 aliphatic heterocycles. The molecular weight excluding hydrogens is 232 g/mol. The number of hydrogen-bond donors (Lipinski definition) is 1. The zero-order valence-corrected chi connectivity index (χ0v) is 10.3. The molecule has 0 radical (unpaired) electrons. The molecule has 0 amide bonds. The number of aryl methyl sites for hydroxylation is 2. The minimum Gasteiger partial charge on any atom is -0.369 e. The molecule has 0 aliphatic carbocycles. The van der Waals surface area contributed by atoms with Crippen molar-refractivity contribution in [3.63, 3.8) is 0 Å². The fourth-order valence-electron chi connectivity index (χ4n) is 2.10. The first kappa shape index (κ1) is 10.8. The van der Waals surface area contributed by atoms with E-state index < -0.39 is 0 Å². The number of imidazole rings is 1. The highest BCUT2D eigenvalue weighted by molar-refractivity contribution is 5.77. The normalized spacial score (nSPS) is 11.4. The van der Waals surface area contributed by atoms with Crippen molar-refractivity contribution in [3.8, 4) is 0 Å². The van der Waals surface area contributed by atoms with Gasteiger partial charge in [-0.05, 0) is 13.8 Å². The Balaban J connectivity index is 2.18. The Kier molecular flexibility index (Phi) is 2.32. The Morgan fingerprint density at radius 2 is 2.28 bits per heavy atom. The molecule has 94 valence electrons. The van der Waals surface area contributed by atoms with Gasteiger partial charge >= 0.3 is 0 Å². The summed E-state index contributed by atoms with van der Waals surface area (Å²) in [6.07, 6.45) is 1.54. The van der Waals surface area contributed by atoms with Crippen LogP contribution in [0.3, 0.4) is 0 Å². The molecule has 0 saturated heterocycles. The van der Waals surface area contributed by atoms with Crippen LogP contribution in [-0.2, 0) is 13.1 Å². The van der Waals surface area contributed by atoms with E-state index in [0.717, 1.165) is 29.1 Å². The van der Waals surface area contributed by atoms with Gasteiger partial charge in [0.1, 0.15) is 17.5 Å². The number of anilines is 1. The molecule has 7 heteroatoms. The standard InChI is InChI=1S/C11H14N6O/c1-3-17-10-9(7(2)14-17)13-11(12)16(10)6-8-4-5-18-15-8/h4-5H,3,6H2,1-2H3,(H2,12,13). The molecule has 2 N–H and O–H groups in total. The van der Waals surface area contributed by atoms with Gasteiger partial charge in [0.05, 0.1) is 12.2 Å². The third-order valence-electron chi connectivity index (χ3n) is 2.94. The average molecular weight is 246 g/mol. The average Bonchev–Trinajstić information content (AvgIpc) is 3.02. The van der Waals surface area contributed by atoms with Gasteiger partial charge in [0, 0.05) is 12.6 Å². The molecule has 3 aromatic heterocycles. The monoisotopic (exact) mass is 246 g/mol. The van der Waals surface area contributed by atoms with Crippen molar-refractivity contribution >= 4 is 17.1 Å². The zero-order valence-electron chi connectivity index (χ0n) is 10.3. The van der Waals surface area contributed by atoms with Crippen molar-refractivity contribution in [1.82, 2.24) is 24.5 Å². The van der Waals surface area contributed by atoms with E-state index in [1.165, 1.54) is 0 Å². The predicted octanol–water partition coefficient (Wildman–Crippen LogP) is 1.18. The number of nitrogens with two attached hydrogens (primary N) is 1. The highest BCUT2D eigenvalue weighted by atomic mass is 16.5. The summed E-state index contributed by atoms with van der Waals surface area (Å²) in [5.74, 6) is 0.468. The van der Waals surface area contributed by atoms with Gasteiger partial charge in [-0.15, -0.1) is 0 Å². The fourth-order valence-corrected chi connectivity index (χ4v) is 2.10. The second kappa shape index (κ2) is 3.86. The van der Waals surface area contributed by atoms with E-state index >= 15 is 0 Å². The van der Waals surface area contributed by atoms with Gasteiger partial charge in [-0.3, -0.25) is 4.57 Å². The Bertz CT molecular complexity index is 678. The molecule has 0 saturated carbocycles. The summed E-state index contributed by atoms with van der Waals surface area (Å²) in [6, 6.07) is 1.81. The molecule has 0 aliphatic rings.